The second-order valence-corrected chi connectivity index (χ2v) is 4.98. The molecule has 0 radical (unpaired) electrons. The van der Waals surface area contributed by atoms with Gasteiger partial charge < -0.3 is 10.5 Å². The van der Waals surface area contributed by atoms with Crippen molar-refractivity contribution in [2.45, 2.75) is 38.1 Å². The average Bonchev–Trinajstić information content (AvgIpc) is 2.42. The lowest BCUT2D eigenvalue weighted by atomic mass is 9.80. The monoisotopic (exact) mass is 233 g/mol. The summed E-state index contributed by atoms with van der Waals surface area (Å²) in [6.07, 6.45) is 3.47. The minimum absolute atomic E-state index is 0.225. The summed E-state index contributed by atoms with van der Waals surface area (Å²) in [5.74, 6) is 0.983. The third-order valence-corrected chi connectivity index (χ3v) is 3.87. The van der Waals surface area contributed by atoms with Crippen LogP contribution in [0.2, 0.25) is 0 Å². The molecule has 17 heavy (non-hydrogen) atoms. The first kappa shape index (κ1) is 12.6. The first-order valence-corrected chi connectivity index (χ1v) is 6.71. The van der Waals surface area contributed by atoms with Crippen LogP contribution in [0.1, 0.15) is 37.7 Å². The van der Waals surface area contributed by atoms with Crippen LogP contribution in [0, 0.1) is 5.92 Å². The van der Waals surface area contributed by atoms with E-state index in [0.717, 1.165) is 26.1 Å². The van der Waals surface area contributed by atoms with Gasteiger partial charge in [0.15, 0.2) is 0 Å². The zero-order valence-corrected chi connectivity index (χ0v) is 10.6. The molecule has 2 rings (SSSR count). The Kier molecular flexibility index (Phi) is 4.57. The van der Waals surface area contributed by atoms with E-state index in [-0.39, 0.29) is 6.04 Å². The number of nitrogens with two attached hydrogens (primary N) is 1. The molecule has 1 heterocycles. The molecule has 1 aromatic carbocycles. The third-order valence-electron chi connectivity index (χ3n) is 3.87. The van der Waals surface area contributed by atoms with Crippen molar-refractivity contribution >= 4 is 0 Å². The predicted octanol–water partition coefficient (Wildman–Crippen LogP) is 2.93. The Balaban J connectivity index is 2.07. The fourth-order valence-electron chi connectivity index (χ4n) is 2.83. The van der Waals surface area contributed by atoms with Gasteiger partial charge in [-0.15, -0.1) is 0 Å². The number of benzene rings is 1. The van der Waals surface area contributed by atoms with E-state index in [4.69, 9.17) is 10.5 Å². The standard InChI is InChI=1S/C15H23NO/c1-2-14(12-7-4-3-5-8-12)15(16)13-9-6-10-17-11-13/h3-5,7-8,13-15H,2,6,9-11,16H2,1H3. The van der Waals surface area contributed by atoms with E-state index in [1.54, 1.807) is 0 Å². The zero-order valence-electron chi connectivity index (χ0n) is 10.6. The molecule has 0 aromatic heterocycles. The van der Waals surface area contributed by atoms with E-state index in [9.17, 15) is 0 Å². The lowest BCUT2D eigenvalue weighted by Crippen LogP contribution is -2.40. The van der Waals surface area contributed by atoms with Gasteiger partial charge in [-0.1, -0.05) is 37.3 Å². The van der Waals surface area contributed by atoms with E-state index in [2.05, 4.69) is 37.3 Å². The summed E-state index contributed by atoms with van der Waals surface area (Å²) in [4.78, 5) is 0. The van der Waals surface area contributed by atoms with Crippen molar-refractivity contribution in [3.05, 3.63) is 35.9 Å². The van der Waals surface area contributed by atoms with Crippen LogP contribution in [0.15, 0.2) is 30.3 Å². The zero-order chi connectivity index (χ0) is 12.1. The topological polar surface area (TPSA) is 35.2 Å². The molecule has 2 heteroatoms. The van der Waals surface area contributed by atoms with Gasteiger partial charge in [0.25, 0.3) is 0 Å². The highest BCUT2D eigenvalue weighted by atomic mass is 16.5. The van der Waals surface area contributed by atoms with Crippen molar-refractivity contribution in [2.75, 3.05) is 13.2 Å². The largest absolute Gasteiger partial charge is 0.381 e. The molecule has 1 fully saturated rings. The molecule has 0 aliphatic carbocycles. The normalized spacial score (nSPS) is 24.2. The maximum absolute atomic E-state index is 6.46. The molecule has 1 aliphatic rings. The molecule has 1 saturated heterocycles. The molecular weight excluding hydrogens is 210 g/mol. The maximum atomic E-state index is 6.46. The Bertz CT molecular complexity index is 319. The van der Waals surface area contributed by atoms with Crippen LogP contribution < -0.4 is 5.73 Å². The van der Waals surface area contributed by atoms with Crippen LogP contribution in [-0.2, 0) is 4.74 Å². The molecule has 0 bridgehead atoms. The maximum Gasteiger partial charge on any atom is 0.0509 e. The molecule has 1 aromatic rings. The second kappa shape index (κ2) is 6.18. The molecular formula is C15H23NO. The SMILES string of the molecule is CCC(c1ccccc1)C(N)C1CCCOC1. The molecule has 0 saturated carbocycles. The van der Waals surface area contributed by atoms with Crippen molar-refractivity contribution in [1.82, 2.24) is 0 Å². The highest BCUT2D eigenvalue weighted by Gasteiger charge is 2.27. The molecule has 3 unspecified atom stereocenters. The van der Waals surface area contributed by atoms with E-state index >= 15 is 0 Å². The Morgan fingerprint density at radius 2 is 2.12 bits per heavy atom. The summed E-state index contributed by atoms with van der Waals surface area (Å²) < 4.78 is 5.55. The van der Waals surface area contributed by atoms with E-state index < -0.39 is 0 Å². The summed E-state index contributed by atoms with van der Waals surface area (Å²) in [5.41, 5.74) is 7.82. The summed E-state index contributed by atoms with van der Waals surface area (Å²) in [6.45, 7) is 3.97. The first-order valence-electron chi connectivity index (χ1n) is 6.71. The van der Waals surface area contributed by atoms with Crippen LogP contribution in [0.5, 0.6) is 0 Å². The highest BCUT2D eigenvalue weighted by Crippen LogP contribution is 2.29. The molecule has 2 nitrogen and oxygen atoms in total. The molecule has 2 N–H and O–H groups in total. The van der Waals surface area contributed by atoms with E-state index in [0.29, 0.717) is 11.8 Å². The van der Waals surface area contributed by atoms with Crippen LogP contribution in [0.4, 0.5) is 0 Å². The van der Waals surface area contributed by atoms with Crippen LogP contribution in [-0.4, -0.2) is 19.3 Å². The average molecular weight is 233 g/mol. The van der Waals surface area contributed by atoms with E-state index in [1.165, 1.54) is 12.0 Å². The fourth-order valence-corrected chi connectivity index (χ4v) is 2.83. The minimum atomic E-state index is 0.225. The van der Waals surface area contributed by atoms with Gasteiger partial charge in [0, 0.05) is 12.6 Å². The molecule has 0 spiro atoms. The van der Waals surface area contributed by atoms with Crippen molar-refractivity contribution in [2.24, 2.45) is 11.7 Å². The Hall–Kier alpha value is -0.860. The van der Waals surface area contributed by atoms with Crippen LogP contribution >= 0.6 is 0 Å². The van der Waals surface area contributed by atoms with E-state index in [1.807, 2.05) is 0 Å². The quantitative estimate of drug-likeness (QED) is 0.867. The molecule has 94 valence electrons. The van der Waals surface area contributed by atoms with Gasteiger partial charge in [0.05, 0.1) is 6.61 Å². The second-order valence-electron chi connectivity index (χ2n) is 4.98. The van der Waals surface area contributed by atoms with Gasteiger partial charge in [-0.25, -0.2) is 0 Å². The lowest BCUT2D eigenvalue weighted by molar-refractivity contribution is 0.0409. The Morgan fingerprint density at radius 3 is 2.71 bits per heavy atom. The van der Waals surface area contributed by atoms with Crippen LogP contribution in [0.3, 0.4) is 0 Å². The van der Waals surface area contributed by atoms with Gasteiger partial charge >= 0.3 is 0 Å². The predicted molar refractivity (Wildman–Crippen MR) is 71.0 cm³/mol. The van der Waals surface area contributed by atoms with Gasteiger partial charge in [-0.05, 0) is 36.7 Å². The van der Waals surface area contributed by atoms with Gasteiger partial charge in [0.2, 0.25) is 0 Å². The molecule has 0 amide bonds. The third kappa shape index (κ3) is 3.08. The summed E-state index contributed by atoms with van der Waals surface area (Å²) in [6, 6.07) is 10.9. The van der Waals surface area contributed by atoms with Gasteiger partial charge in [-0.2, -0.15) is 0 Å². The lowest BCUT2D eigenvalue weighted by Gasteiger charge is -2.33. The number of hydrogen-bond acceptors (Lipinski definition) is 2. The van der Waals surface area contributed by atoms with Crippen molar-refractivity contribution in [1.29, 1.82) is 0 Å². The summed E-state index contributed by atoms with van der Waals surface area (Å²) >= 11 is 0. The number of hydrogen-bond donors (Lipinski definition) is 1. The smallest absolute Gasteiger partial charge is 0.0509 e. The molecule has 1 aliphatic heterocycles. The number of rotatable bonds is 4. The van der Waals surface area contributed by atoms with Crippen molar-refractivity contribution in [3.8, 4) is 0 Å². The van der Waals surface area contributed by atoms with Crippen LogP contribution in [0.25, 0.3) is 0 Å². The highest BCUT2D eigenvalue weighted by molar-refractivity contribution is 5.21. The summed E-state index contributed by atoms with van der Waals surface area (Å²) in [5, 5.41) is 0. The first-order chi connectivity index (χ1) is 8.33. The Labute approximate surface area is 104 Å². The van der Waals surface area contributed by atoms with Crippen molar-refractivity contribution < 1.29 is 4.74 Å². The van der Waals surface area contributed by atoms with Gasteiger partial charge in [-0.3, -0.25) is 0 Å². The molecule has 3 atom stereocenters. The Morgan fingerprint density at radius 1 is 1.35 bits per heavy atom. The minimum Gasteiger partial charge on any atom is -0.381 e. The number of ether oxygens (including phenoxy) is 1. The van der Waals surface area contributed by atoms with Crippen molar-refractivity contribution in [3.63, 3.8) is 0 Å². The fraction of sp³-hybridized carbons (Fsp3) is 0.600. The van der Waals surface area contributed by atoms with Gasteiger partial charge in [0.1, 0.15) is 0 Å². The summed E-state index contributed by atoms with van der Waals surface area (Å²) in [7, 11) is 0.